The number of halogens is 1. The van der Waals surface area contributed by atoms with Crippen molar-refractivity contribution in [3.05, 3.63) is 52.5 Å². The highest BCUT2D eigenvalue weighted by atomic mass is 32.1. The van der Waals surface area contributed by atoms with Crippen molar-refractivity contribution in [2.24, 2.45) is 28.6 Å². The third-order valence-corrected chi connectivity index (χ3v) is 11.0. The van der Waals surface area contributed by atoms with E-state index in [1.54, 1.807) is 12.1 Å². The zero-order valence-corrected chi connectivity index (χ0v) is 24.7. The van der Waals surface area contributed by atoms with Crippen molar-refractivity contribution in [1.82, 2.24) is 0 Å². The first kappa shape index (κ1) is 30.1. The third-order valence-electron chi connectivity index (χ3n) is 10.7. The van der Waals surface area contributed by atoms with Gasteiger partial charge in [0.1, 0.15) is 23.8 Å². The molecule has 0 aromatic heterocycles. The molecule has 1 aromatic carbocycles. The van der Waals surface area contributed by atoms with Crippen LogP contribution >= 0.6 is 12.6 Å². The van der Waals surface area contributed by atoms with E-state index in [1.165, 1.54) is 25.0 Å². The van der Waals surface area contributed by atoms with Crippen LogP contribution in [0.5, 0.6) is 0 Å². The number of methoxy groups -OCH3 is 1. The Bertz CT molecular complexity index is 1330. The molecular weight excluding hydrogens is 547 g/mol. The molecule has 41 heavy (non-hydrogen) atoms. The largest absolute Gasteiger partial charge is 0.448 e. The number of aliphatic hydroxyl groups is 2. The van der Waals surface area contributed by atoms with Gasteiger partial charge in [0, 0.05) is 42.0 Å². The maximum Gasteiger partial charge on any atom is 0.333 e. The van der Waals surface area contributed by atoms with Crippen molar-refractivity contribution >= 4 is 35.6 Å². The van der Waals surface area contributed by atoms with Crippen LogP contribution < -0.4 is 5.32 Å². The fraction of sp³-hybridized carbons (Fsp3) is 0.581. The number of allylic oxidation sites excluding steroid dienone is 3. The molecule has 5 rings (SSSR count). The summed E-state index contributed by atoms with van der Waals surface area (Å²) in [6, 6.07) is 4.62. The van der Waals surface area contributed by atoms with E-state index < -0.39 is 46.0 Å². The summed E-state index contributed by atoms with van der Waals surface area (Å²) >= 11 is 4.21. The van der Waals surface area contributed by atoms with Crippen LogP contribution in [0.25, 0.3) is 0 Å². The lowest BCUT2D eigenvalue weighted by Crippen LogP contribution is -2.76. The standard InChI is InChI=1S/C31H39FN2O6S/c1-29-12-18(14-33)24(34-20-5-7-23(32)17(10-20)15-35)11-19(29)4-6-21-22-8-9-31(28(38)41,40-26(37)16-39-3)30(22,2)13-25(36)27(21)29/h5,7,10-11,14,21-22,25,27,33-36H,4,6,8-9,12-13,15-16H2,1-3H3,(H,38,41)/p+1/t21-,22?,25-,27?,29-,30-,31-/m0/s1. The minimum atomic E-state index is -1.42. The maximum absolute atomic E-state index is 14.0. The monoisotopic (exact) mass is 587 g/mol. The molecule has 3 fully saturated rings. The van der Waals surface area contributed by atoms with Gasteiger partial charge in [-0.05, 0) is 73.8 Å². The highest BCUT2D eigenvalue weighted by Crippen LogP contribution is 2.68. The Morgan fingerprint density at radius 3 is 2.71 bits per heavy atom. The summed E-state index contributed by atoms with van der Waals surface area (Å²) < 4.78 is 24.8. The number of carbonyl (C=O) groups is 2. The molecule has 0 heterocycles. The summed E-state index contributed by atoms with van der Waals surface area (Å²) in [5.41, 5.74) is 1.30. The lowest BCUT2D eigenvalue weighted by atomic mass is 9.45. The van der Waals surface area contributed by atoms with Crippen LogP contribution in [-0.4, -0.2) is 52.9 Å². The second-order valence-electron chi connectivity index (χ2n) is 12.6. The first-order valence-electron chi connectivity index (χ1n) is 14.2. The molecule has 3 saturated carbocycles. The molecule has 0 saturated heterocycles. The van der Waals surface area contributed by atoms with Gasteiger partial charge >= 0.3 is 5.97 Å². The Kier molecular flexibility index (Phi) is 8.10. The number of fused-ring (bicyclic) bond motifs is 5. The summed E-state index contributed by atoms with van der Waals surface area (Å²) in [7, 11) is 1.40. The molecule has 222 valence electrons. The number of quaternary nitrogens is 1. The number of benzene rings is 1. The Balaban J connectivity index is 1.46. The predicted molar refractivity (Wildman–Crippen MR) is 153 cm³/mol. The summed E-state index contributed by atoms with van der Waals surface area (Å²) in [6.45, 7) is 3.48. The average molecular weight is 588 g/mol. The molecule has 8 nitrogen and oxygen atoms in total. The molecule has 10 heteroatoms. The predicted octanol–water partition coefficient (Wildman–Crippen LogP) is 3.34. The van der Waals surface area contributed by atoms with Gasteiger partial charge in [0.05, 0.1) is 12.7 Å². The summed E-state index contributed by atoms with van der Waals surface area (Å²) in [4.78, 5) is 25.6. The number of nitrogens with two attached hydrogens (primary N) is 1. The number of aliphatic hydroxyl groups excluding tert-OH is 2. The van der Waals surface area contributed by atoms with Crippen LogP contribution in [0.4, 0.5) is 10.1 Å². The highest BCUT2D eigenvalue weighted by molar-refractivity contribution is 7.96. The highest BCUT2D eigenvalue weighted by Gasteiger charge is 2.70. The van der Waals surface area contributed by atoms with E-state index >= 15 is 0 Å². The fourth-order valence-electron chi connectivity index (χ4n) is 8.87. The minimum absolute atomic E-state index is 0.0530. The number of nitrogens with one attached hydrogen (secondary N) is 1. The number of hydrogen-bond donors (Lipinski definition) is 5. The molecule has 0 spiro atoms. The van der Waals surface area contributed by atoms with E-state index in [4.69, 9.17) is 14.9 Å². The van der Waals surface area contributed by atoms with E-state index in [0.717, 1.165) is 29.8 Å². The van der Waals surface area contributed by atoms with E-state index in [0.29, 0.717) is 25.7 Å². The summed E-state index contributed by atoms with van der Waals surface area (Å²) in [6.07, 6.45) is 6.28. The number of rotatable bonds is 8. The van der Waals surface area contributed by atoms with Crippen molar-refractivity contribution in [3.63, 3.8) is 0 Å². The van der Waals surface area contributed by atoms with Gasteiger partial charge < -0.3 is 25.1 Å². The SMILES string of the molecule is COCC(=O)O[C@]1(C(=O)S)CCC2[C@@H]3CCC4=CC([NH2+]c5ccc(F)c(CO)c5)=C(C=N)C[C@]4(C)C3[C@@H](O)C[C@@]21C. The zero-order chi connectivity index (χ0) is 29.7. The molecule has 0 radical (unpaired) electrons. The molecule has 4 aliphatic rings. The molecule has 2 unspecified atom stereocenters. The van der Waals surface area contributed by atoms with E-state index in [1.807, 2.05) is 12.2 Å². The van der Waals surface area contributed by atoms with Crippen LogP contribution in [-0.2, 0) is 25.7 Å². The van der Waals surface area contributed by atoms with Gasteiger partial charge in [-0.2, -0.15) is 0 Å². The van der Waals surface area contributed by atoms with Crippen LogP contribution in [0, 0.1) is 39.8 Å². The Morgan fingerprint density at radius 2 is 2.05 bits per heavy atom. The lowest BCUT2D eigenvalue weighted by Gasteiger charge is -2.60. The molecule has 0 bridgehead atoms. The normalized spacial score (nSPS) is 36.1. The van der Waals surface area contributed by atoms with E-state index in [9.17, 15) is 24.2 Å². The fourth-order valence-corrected chi connectivity index (χ4v) is 9.28. The van der Waals surface area contributed by atoms with E-state index in [2.05, 4.69) is 25.6 Å². The van der Waals surface area contributed by atoms with Gasteiger partial charge in [-0.1, -0.05) is 19.4 Å². The Hall–Kier alpha value is -2.37. The summed E-state index contributed by atoms with van der Waals surface area (Å²) in [5, 5.41) is 31.0. The second-order valence-corrected chi connectivity index (χ2v) is 13.0. The van der Waals surface area contributed by atoms with Crippen molar-refractivity contribution in [3.8, 4) is 0 Å². The van der Waals surface area contributed by atoms with Gasteiger partial charge in [-0.15, -0.1) is 12.6 Å². The molecule has 0 amide bonds. The Morgan fingerprint density at radius 1 is 1.29 bits per heavy atom. The number of hydrogen-bond acceptors (Lipinski definition) is 7. The molecule has 0 aliphatic heterocycles. The minimum Gasteiger partial charge on any atom is -0.448 e. The van der Waals surface area contributed by atoms with Crippen molar-refractivity contribution in [1.29, 1.82) is 5.41 Å². The van der Waals surface area contributed by atoms with Gasteiger partial charge in [-0.25, -0.2) is 9.18 Å². The van der Waals surface area contributed by atoms with Gasteiger partial charge in [0.25, 0.3) is 0 Å². The molecule has 1 aromatic rings. The first-order chi connectivity index (χ1) is 19.4. The van der Waals surface area contributed by atoms with Crippen LogP contribution in [0.3, 0.4) is 0 Å². The van der Waals surface area contributed by atoms with Crippen LogP contribution in [0.2, 0.25) is 0 Å². The van der Waals surface area contributed by atoms with Crippen molar-refractivity contribution < 1.29 is 39.0 Å². The van der Waals surface area contributed by atoms with Gasteiger partial charge in [0.2, 0.25) is 5.12 Å². The second kappa shape index (κ2) is 11.0. The van der Waals surface area contributed by atoms with Crippen molar-refractivity contribution in [2.45, 2.75) is 70.7 Å². The topological polar surface area (TPSA) is 134 Å². The number of carbonyl (C=O) groups excluding carboxylic acids is 2. The summed E-state index contributed by atoms with van der Waals surface area (Å²) in [5.74, 6) is -1.01. The molecule has 4 aliphatic carbocycles. The average Bonchev–Trinajstić information content (AvgIpc) is 3.21. The Labute approximate surface area is 245 Å². The number of thiol groups is 1. The maximum atomic E-state index is 14.0. The van der Waals surface area contributed by atoms with Crippen LogP contribution in [0.15, 0.2) is 41.1 Å². The number of ether oxygens (including phenoxy) is 2. The van der Waals surface area contributed by atoms with Gasteiger partial charge in [0.15, 0.2) is 5.60 Å². The van der Waals surface area contributed by atoms with Gasteiger partial charge in [-0.3, -0.25) is 10.1 Å². The van der Waals surface area contributed by atoms with Crippen LogP contribution in [0.1, 0.15) is 57.9 Å². The molecular formula is C31H40FN2O6S+. The van der Waals surface area contributed by atoms with E-state index in [-0.39, 0.29) is 29.9 Å². The molecule has 7 atom stereocenters. The first-order valence-corrected chi connectivity index (χ1v) is 14.7. The third kappa shape index (κ3) is 4.72. The quantitative estimate of drug-likeness (QED) is 0.137. The lowest BCUT2D eigenvalue weighted by molar-refractivity contribution is -0.513. The smallest absolute Gasteiger partial charge is 0.333 e. The zero-order valence-electron chi connectivity index (χ0n) is 23.8. The molecule has 5 N–H and O–H groups in total. The number of esters is 1. The van der Waals surface area contributed by atoms with Crippen molar-refractivity contribution in [2.75, 3.05) is 13.7 Å².